The second-order valence-corrected chi connectivity index (χ2v) is 2.02. The van der Waals surface area contributed by atoms with Crippen LogP contribution in [0.25, 0.3) is 0 Å². The molecule has 1 N–H and O–H groups in total. The molecule has 0 rings (SSSR count). The maximum absolute atomic E-state index is 10.6. The van der Waals surface area contributed by atoms with Gasteiger partial charge in [0.05, 0.1) is 19.4 Å². The van der Waals surface area contributed by atoms with Crippen LogP contribution in [-0.2, 0) is 14.3 Å². The Bertz CT molecular complexity index is 141. The van der Waals surface area contributed by atoms with E-state index in [4.69, 9.17) is 5.11 Å². The van der Waals surface area contributed by atoms with Crippen molar-refractivity contribution in [1.82, 2.24) is 0 Å². The summed E-state index contributed by atoms with van der Waals surface area (Å²) in [7, 11) is 1.24. The van der Waals surface area contributed by atoms with E-state index < -0.39 is 17.9 Å². The normalized spacial score (nSPS) is 12.2. The first-order chi connectivity index (χ1) is 4.57. The highest BCUT2D eigenvalue weighted by molar-refractivity contribution is 5.78. The molecular weight excluding hydrogens is 136 g/mol. The predicted octanol–water partition coefficient (Wildman–Crippen LogP) is 0.270. The zero-order valence-corrected chi connectivity index (χ0v) is 5.96. The number of hydrogen-bond acceptors (Lipinski definition) is 3. The number of rotatable bonds is 3. The minimum Gasteiger partial charge on any atom is -0.481 e. The molecule has 0 radical (unpaired) electrons. The fourth-order valence-electron chi connectivity index (χ4n) is 0.546. The van der Waals surface area contributed by atoms with Gasteiger partial charge >= 0.3 is 11.9 Å². The lowest BCUT2D eigenvalue weighted by Gasteiger charge is -2.03. The molecule has 0 saturated carbocycles. The number of hydrogen-bond donors (Lipinski definition) is 1. The largest absolute Gasteiger partial charge is 0.481 e. The first-order valence-corrected chi connectivity index (χ1v) is 2.87. The van der Waals surface area contributed by atoms with Gasteiger partial charge < -0.3 is 9.84 Å². The summed E-state index contributed by atoms with van der Waals surface area (Å²) in [6, 6.07) is 0. The molecule has 0 bridgehead atoms. The van der Waals surface area contributed by atoms with Crippen LogP contribution in [-0.4, -0.2) is 24.2 Å². The van der Waals surface area contributed by atoms with Gasteiger partial charge in [-0.3, -0.25) is 9.59 Å². The monoisotopic (exact) mass is 146 g/mol. The number of ether oxygens (including phenoxy) is 1. The minimum absolute atomic E-state index is 0.174. The molecule has 0 spiro atoms. The number of esters is 1. The molecule has 0 aromatic heterocycles. The number of carbonyl (C=O) groups is 2. The Morgan fingerprint density at radius 1 is 1.60 bits per heavy atom. The van der Waals surface area contributed by atoms with Crippen LogP contribution < -0.4 is 0 Å². The number of methoxy groups -OCH3 is 1. The van der Waals surface area contributed by atoms with E-state index >= 15 is 0 Å². The van der Waals surface area contributed by atoms with Gasteiger partial charge in [0.25, 0.3) is 0 Å². The highest BCUT2D eigenvalue weighted by Crippen LogP contribution is 2.02. The highest BCUT2D eigenvalue weighted by Gasteiger charge is 2.15. The van der Waals surface area contributed by atoms with E-state index in [2.05, 4.69) is 4.74 Å². The lowest BCUT2D eigenvalue weighted by Crippen LogP contribution is -2.16. The third kappa shape index (κ3) is 3.06. The van der Waals surface area contributed by atoms with E-state index in [1.54, 1.807) is 0 Å². The molecule has 4 heteroatoms. The van der Waals surface area contributed by atoms with E-state index in [0.29, 0.717) is 0 Å². The second kappa shape index (κ2) is 3.87. The molecule has 58 valence electrons. The lowest BCUT2D eigenvalue weighted by molar-refractivity contribution is -0.150. The Kier molecular flexibility index (Phi) is 3.46. The molecule has 0 heterocycles. The van der Waals surface area contributed by atoms with Crippen molar-refractivity contribution >= 4 is 11.9 Å². The molecule has 10 heavy (non-hydrogen) atoms. The Morgan fingerprint density at radius 2 is 2.10 bits per heavy atom. The first kappa shape index (κ1) is 8.94. The topological polar surface area (TPSA) is 63.6 Å². The van der Waals surface area contributed by atoms with Gasteiger partial charge in [0, 0.05) is 0 Å². The van der Waals surface area contributed by atoms with Gasteiger partial charge in [0.1, 0.15) is 0 Å². The molecule has 0 aliphatic heterocycles. The van der Waals surface area contributed by atoms with Gasteiger partial charge in [-0.2, -0.15) is 0 Å². The Hall–Kier alpha value is -1.06. The first-order valence-electron chi connectivity index (χ1n) is 2.87. The molecule has 0 fully saturated rings. The lowest BCUT2D eigenvalue weighted by atomic mass is 10.1. The maximum atomic E-state index is 10.6. The van der Waals surface area contributed by atoms with Crippen molar-refractivity contribution in [3.8, 4) is 0 Å². The van der Waals surface area contributed by atoms with Crippen LogP contribution in [0.4, 0.5) is 0 Å². The molecule has 0 aliphatic carbocycles. The highest BCUT2D eigenvalue weighted by atomic mass is 16.5. The average molecular weight is 146 g/mol. The SMILES string of the molecule is COC(=O)[C@@H](C)CC(=O)O. The Labute approximate surface area is 58.8 Å². The van der Waals surface area contributed by atoms with Crippen molar-refractivity contribution in [2.45, 2.75) is 13.3 Å². The van der Waals surface area contributed by atoms with Gasteiger partial charge in [0.15, 0.2) is 0 Å². The van der Waals surface area contributed by atoms with Crippen LogP contribution in [0.15, 0.2) is 0 Å². The van der Waals surface area contributed by atoms with Crippen LogP contribution in [0.1, 0.15) is 13.3 Å². The van der Waals surface area contributed by atoms with Gasteiger partial charge in [-0.15, -0.1) is 0 Å². The van der Waals surface area contributed by atoms with Crippen LogP contribution in [0.2, 0.25) is 0 Å². The fraction of sp³-hybridized carbons (Fsp3) is 0.667. The van der Waals surface area contributed by atoms with Gasteiger partial charge in [-0.05, 0) is 0 Å². The number of carboxylic acid groups (broad SMARTS) is 1. The summed E-state index contributed by atoms with van der Waals surface area (Å²) < 4.78 is 4.31. The average Bonchev–Trinajstić information content (AvgIpc) is 1.85. The standard InChI is InChI=1S/C6H10O4/c1-4(3-5(7)8)6(9)10-2/h4H,3H2,1-2H3,(H,7,8)/t4-/m0/s1. The Morgan fingerprint density at radius 3 is 2.40 bits per heavy atom. The predicted molar refractivity (Wildman–Crippen MR) is 33.4 cm³/mol. The third-order valence-electron chi connectivity index (χ3n) is 1.08. The molecule has 0 aliphatic rings. The van der Waals surface area contributed by atoms with Gasteiger partial charge in [0.2, 0.25) is 0 Å². The van der Waals surface area contributed by atoms with Crippen molar-refractivity contribution in [3.05, 3.63) is 0 Å². The summed E-state index contributed by atoms with van der Waals surface area (Å²) in [5, 5.41) is 8.22. The van der Waals surface area contributed by atoms with Crippen molar-refractivity contribution in [2.75, 3.05) is 7.11 Å². The molecular formula is C6H10O4. The van der Waals surface area contributed by atoms with Crippen LogP contribution in [0.3, 0.4) is 0 Å². The zero-order chi connectivity index (χ0) is 8.15. The third-order valence-corrected chi connectivity index (χ3v) is 1.08. The zero-order valence-electron chi connectivity index (χ0n) is 5.96. The molecule has 0 unspecified atom stereocenters. The molecule has 0 aromatic carbocycles. The molecule has 1 atom stereocenters. The summed E-state index contributed by atoms with van der Waals surface area (Å²) in [5.41, 5.74) is 0. The maximum Gasteiger partial charge on any atom is 0.308 e. The second-order valence-electron chi connectivity index (χ2n) is 2.02. The quantitative estimate of drug-likeness (QED) is 0.580. The summed E-state index contributed by atoms with van der Waals surface area (Å²) in [6.07, 6.45) is -0.174. The number of carboxylic acids is 1. The van der Waals surface area contributed by atoms with E-state index in [9.17, 15) is 9.59 Å². The summed E-state index contributed by atoms with van der Waals surface area (Å²) in [6.45, 7) is 1.51. The molecule has 4 nitrogen and oxygen atoms in total. The van der Waals surface area contributed by atoms with Crippen molar-refractivity contribution < 1.29 is 19.4 Å². The van der Waals surface area contributed by atoms with Crippen molar-refractivity contribution in [3.63, 3.8) is 0 Å². The molecule has 0 aromatic rings. The van der Waals surface area contributed by atoms with Gasteiger partial charge in [-0.1, -0.05) is 6.92 Å². The van der Waals surface area contributed by atoms with Crippen molar-refractivity contribution in [2.24, 2.45) is 5.92 Å². The summed E-state index contributed by atoms with van der Waals surface area (Å²) >= 11 is 0. The fourth-order valence-corrected chi connectivity index (χ4v) is 0.546. The Balaban J connectivity index is 3.72. The van der Waals surface area contributed by atoms with Crippen LogP contribution >= 0.6 is 0 Å². The van der Waals surface area contributed by atoms with E-state index in [1.807, 2.05) is 0 Å². The summed E-state index contributed by atoms with van der Waals surface area (Å²) in [4.78, 5) is 20.6. The van der Waals surface area contributed by atoms with E-state index in [-0.39, 0.29) is 6.42 Å². The number of carbonyl (C=O) groups excluding carboxylic acids is 1. The minimum atomic E-state index is -0.988. The van der Waals surface area contributed by atoms with Crippen molar-refractivity contribution in [1.29, 1.82) is 0 Å². The van der Waals surface area contributed by atoms with Gasteiger partial charge in [-0.25, -0.2) is 0 Å². The molecule has 0 saturated heterocycles. The summed E-state index contributed by atoms with van der Waals surface area (Å²) in [5.74, 6) is -2.03. The van der Waals surface area contributed by atoms with Crippen LogP contribution in [0.5, 0.6) is 0 Å². The number of aliphatic carboxylic acids is 1. The van der Waals surface area contributed by atoms with E-state index in [0.717, 1.165) is 0 Å². The molecule has 0 amide bonds. The van der Waals surface area contributed by atoms with E-state index in [1.165, 1.54) is 14.0 Å². The smallest absolute Gasteiger partial charge is 0.308 e. The van der Waals surface area contributed by atoms with Crippen LogP contribution in [0, 0.1) is 5.92 Å².